The molecule has 7 nitrogen and oxygen atoms in total. The zero-order valence-electron chi connectivity index (χ0n) is 15.1. The highest BCUT2D eigenvalue weighted by Gasteiger charge is 2.31. The average Bonchev–Trinajstić information content (AvgIpc) is 3.03. The molecule has 1 aromatic heterocycles. The van der Waals surface area contributed by atoms with E-state index in [2.05, 4.69) is 14.8 Å². The summed E-state index contributed by atoms with van der Waals surface area (Å²) in [5, 5.41) is 24.2. The summed E-state index contributed by atoms with van der Waals surface area (Å²) in [4.78, 5) is 14.7. The van der Waals surface area contributed by atoms with Crippen LogP contribution in [0.25, 0.3) is 6.08 Å². The number of hydrogen-bond donors (Lipinski definition) is 3. The van der Waals surface area contributed by atoms with Gasteiger partial charge in [-0.25, -0.2) is 5.01 Å². The predicted molar refractivity (Wildman–Crippen MR) is 102 cm³/mol. The SMILES string of the molecule is N=C1c2c(O)[nH]c(=O)c(=Cc3ccc(OC(F)(F)F)cc3)c2=NN1c1ccccc1. The quantitative estimate of drug-likeness (QED) is 0.612. The third kappa shape index (κ3) is 3.62. The molecule has 4 rings (SSSR count). The van der Waals surface area contributed by atoms with Crippen LogP contribution in [0.2, 0.25) is 0 Å². The third-order valence-electron chi connectivity index (χ3n) is 4.28. The van der Waals surface area contributed by atoms with Crippen LogP contribution in [0.15, 0.2) is 64.5 Å². The minimum Gasteiger partial charge on any atom is -0.494 e. The van der Waals surface area contributed by atoms with Crippen molar-refractivity contribution in [1.29, 1.82) is 5.41 Å². The van der Waals surface area contributed by atoms with E-state index in [0.717, 1.165) is 12.1 Å². The van der Waals surface area contributed by atoms with Gasteiger partial charge in [-0.3, -0.25) is 15.2 Å². The van der Waals surface area contributed by atoms with Crippen molar-refractivity contribution in [1.82, 2.24) is 4.98 Å². The lowest BCUT2D eigenvalue weighted by Crippen LogP contribution is -2.42. The lowest BCUT2D eigenvalue weighted by Gasteiger charge is -2.13. The van der Waals surface area contributed by atoms with Crippen molar-refractivity contribution in [2.75, 3.05) is 5.01 Å². The number of nitrogens with one attached hydrogen (secondary N) is 2. The molecule has 2 aromatic carbocycles. The maximum atomic E-state index is 12.4. The van der Waals surface area contributed by atoms with Crippen LogP contribution < -0.4 is 25.9 Å². The molecule has 0 saturated heterocycles. The molecular formula is C20H13F3N4O3. The molecule has 0 fully saturated rings. The number of hydrogen-bond acceptors (Lipinski definition) is 5. The van der Waals surface area contributed by atoms with Crippen LogP contribution >= 0.6 is 0 Å². The largest absolute Gasteiger partial charge is 0.573 e. The Morgan fingerprint density at radius 1 is 1.10 bits per heavy atom. The molecule has 0 amide bonds. The zero-order valence-corrected chi connectivity index (χ0v) is 15.1. The van der Waals surface area contributed by atoms with Crippen LogP contribution in [0.5, 0.6) is 11.6 Å². The molecule has 0 saturated carbocycles. The number of aromatic amines is 1. The summed E-state index contributed by atoms with van der Waals surface area (Å²) in [6, 6.07) is 13.6. The summed E-state index contributed by atoms with van der Waals surface area (Å²) in [6.45, 7) is 0. The summed E-state index contributed by atoms with van der Waals surface area (Å²) in [6.07, 6.45) is -3.40. The maximum absolute atomic E-state index is 12.4. The Balaban J connectivity index is 1.83. The predicted octanol–water partition coefficient (Wildman–Crippen LogP) is 2.19. The molecule has 3 N–H and O–H groups in total. The van der Waals surface area contributed by atoms with E-state index in [4.69, 9.17) is 5.41 Å². The molecule has 2 heterocycles. The van der Waals surface area contributed by atoms with Crippen LogP contribution in [-0.4, -0.2) is 22.3 Å². The number of amidine groups is 1. The average molecular weight is 414 g/mol. The Bertz CT molecular complexity index is 1300. The number of benzene rings is 2. The van der Waals surface area contributed by atoms with Crippen molar-refractivity contribution in [2.45, 2.75) is 6.36 Å². The minimum absolute atomic E-state index is 0.0433. The highest BCUT2D eigenvalue weighted by molar-refractivity contribution is 6.10. The standard InChI is InChI=1S/C20H13F3N4O3/c21-20(22,23)30-13-8-6-11(7-9-13)10-14-16-15(19(29)25-18(14)28)17(24)27(26-16)12-4-2-1-3-5-12/h1-10,24,29H,(H,25,28). The number of aromatic nitrogens is 1. The lowest BCUT2D eigenvalue weighted by atomic mass is 10.1. The smallest absolute Gasteiger partial charge is 0.494 e. The van der Waals surface area contributed by atoms with Gasteiger partial charge in [0.05, 0.1) is 10.9 Å². The summed E-state index contributed by atoms with van der Waals surface area (Å²) in [5.74, 6) is -1.02. The van der Waals surface area contributed by atoms with Crippen LogP contribution in [0, 0.1) is 5.41 Å². The van der Waals surface area contributed by atoms with E-state index in [1.165, 1.54) is 23.2 Å². The molecule has 0 spiro atoms. The van der Waals surface area contributed by atoms with Crippen LogP contribution in [-0.2, 0) is 0 Å². The van der Waals surface area contributed by atoms with Crippen LogP contribution in [0.4, 0.5) is 18.9 Å². The van der Waals surface area contributed by atoms with Gasteiger partial charge < -0.3 is 9.84 Å². The van der Waals surface area contributed by atoms with Gasteiger partial charge in [-0.2, -0.15) is 5.10 Å². The molecule has 10 heteroatoms. The number of anilines is 1. The molecule has 3 aromatic rings. The van der Waals surface area contributed by atoms with E-state index in [1.807, 2.05) is 0 Å². The normalized spacial score (nSPS) is 13.9. The molecule has 30 heavy (non-hydrogen) atoms. The van der Waals surface area contributed by atoms with Gasteiger partial charge in [0, 0.05) is 0 Å². The van der Waals surface area contributed by atoms with Crippen molar-refractivity contribution in [3.05, 3.63) is 86.7 Å². The van der Waals surface area contributed by atoms with Gasteiger partial charge in [0.1, 0.15) is 16.7 Å². The van der Waals surface area contributed by atoms with Crippen molar-refractivity contribution in [2.24, 2.45) is 5.10 Å². The van der Waals surface area contributed by atoms with Gasteiger partial charge in [-0.1, -0.05) is 30.3 Å². The first kappa shape index (κ1) is 19.2. The molecule has 1 aliphatic rings. The number of aromatic hydroxyl groups is 1. The first-order valence-electron chi connectivity index (χ1n) is 8.58. The number of ether oxygens (including phenoxy) is 1. The van der Waals surface area contributed by atoms with E-state index in [9.17, 15) is 23.1 Å². The highest BCUT2D eigenvalue weighted by Crippen LogP contribution is 2.23. The van der Waals surface area contributed by atoms with E-state index in [-0.39, 0.29) is 22.0 Å². The summed E-state index contributed by atoms with van der Waals surface area (Å²) in [7, 11) is 0. The first-order chi connectivity index (χ1) is 14.2. The Hall–Kier alpha value is -4.08. The zero-order chi connectivity index (χ0) is 21.5. The van der Waals surface area contributed by atoms with Gasteiger partial charge in [0.2, 0.25) is 5.88 Å². The second kappa shape index (κ2) is 7.07. The first-order valence-corrected chi connectivity index (χ1v) is 8.58. The number of alkyl halides is 3. The monoisotopic (exact) mass is 414 g/mol. The molecule has 1 aliphatic heterocycles. The fourth-order valence-electron chi connectivity index (χ4n) is 3.00. The van der Waals surface area contributed by atoms with Gasteiger partial charge in [0.15, 0.2) is 5.84 Å². The van der Waals surface area contributed by atoms with Gasteiger partial charge in [0.25, 0.3) is 5.56 Å². The molecule has 0 atom stereocenters. The number of nitrogens with zero attached hydrogens (tertiary/aromatic N) is 2. The van der Waals surface area contributed by atoms with Gasteiger partial charge in [-0.05, 0) is 35.9 Å². The van der Waals surface area contributed by atoms with Crippen molar-refractivity contribution in [3.8, 4) is 11.6 Å². The summed E-state index contributed by atoms with van der Waals surface area (Å²) in [5.41, 5.74) is 0.350. The second-order valence-electron chi connectivity index (χ2n) is 6.30. The minimum atomic E-state index is -4.81. The summed E-state index contributed by atoms with van der Waals surface area (Å²) >= 11 is 0. The fraction of sp³-hybridized carbons (Fsp3) is 0.0500. The van der Waals surface area contributed by atoms with Crippen molar-refractivity contribution in [3.63, 3.8) is 0 Å². The number of rotatable bonds is 3. The number of halogens is 3. The molecule has 152 valence electrons. The van der Waals surface area contributed by atoms with Gasteiger partial charge in [-0.15, -0.1) is 13.2 Å². The summed E-state index contributed by atoms with van der Waals surface area (Å²) < 4.78 is 40.7. The number of fused-ring (bicyclic) bond motifs is 1. The van der Waals surface area contributed by atoms with E-state index >= 15 is 0 Å². The lowest BCUT2D eigenvalue weighted by molar-refractivity contribution is -0.274. The number of H-pyrrole nitrogens is 1. The number of pyridine rings is 1. The molecular weight excluding hydrogens is 401 g/mol. The Labute approximate surface area is 166 Å². The maximum Gasteiger partial charge on any atom is 0.573 e. The number of para-hydroxylation sites is 1. The van der Waals surface area contributed by atoms with Crippen molar-refractivity contribution >= 4 is 17.6 Å². The van der Waals surface area contributed by atoms with E-state index in [0.29, 0.717) is 11.3 Å². The van der Waals surface area contributed by atoms with E-state index < -0.39 is 23.6 Å². The second-order valence-corrected chi connectivity index (χ2v) is 6.30. The van der Waals surface area contributed by atoms with Crippen molar-refractivity contribution < 1.29 is 23.0 Å². The molecule has 0 aliphatic carbocycles. The van der Waals surface area contributed by atoms with Gasteiger partial charge >= 0.3 is 6.36 Å². The fourth-order valence-corrected chi connectivity index (χ4v) is 3.00. The van der Waals surface area contributed by atoms with Crippen LogP contribution in [0.1, 0.15) is 11.1 Å². The molecule has 0 unspecified atom stereocenters. The Morgan fingerprint density at radius 3 is 2.40 bits per heavy atom. The third-order valence-corrected chi connectivity index (χ3v) is 4.28. The molecule has 0 radical (unpaired) electrons. The highest BCUT2D eigenvalue weighted by atomic mass is 19.4. The van der Waals surface area contributed by atoms with Crippen LogP contribution in [0.3, 0.4) is 0 Å². The topological polar surface area (TPSA) is 102 Å². The molecule has 0 bridgehead atoms. The Kier molecular flexibility index (Phi) is 4.53. The Morgan fingerprint density at radius 2 is 1.77 bits per heavy atom. The van der Waals surface area contributed by atoms with E-state index in [1.54, 1.807) is 30.3 Å².